The number of allylic oxidation sites excluding steroid dienone is 2. The Kier molecular flexibility index (Phi) is 4.62. The smallest absolute Gasteiger partial charge is 0.155 e. The second kappa shape index (κ2) is 6.22. The van der Waals surface area contributed by atoms with Gasteiger partial charge >= 0.3 is 0 Å². The molecule has 1 heteroatoms. The first-order valence-corrected chi connectivity index (χ1v) is 7.09. The number of carbonyl (C=O) groups is 1. The van der Waals surface area contributed by atoms with Crippen LogP contribution in [0.3, 0.4) is 0 Å². The highest BCUT2D eigenvalue weighted by atomic mass is 16.1. The molecule has 0 amide bonds. The van der Waals surface area contributed by atoms with E-state index in [-0.39, 0.29) is 0 Å². The van der Waals surface area contributed by atoms with Crippen LogP contribution < -0.4 is 0 Å². The van der Waals surface area contributed by atoms with Gasteiger partial charge in [0.25, 0.3) is 0 Å². The zero-order chi connectivity index (χ0) is 11.2. The Morgan fingerprint density at radius 2 is 1.50 bits per heavy atom. The largest absolute Gasteiger partial charge is 0.295 e. The minimum atomic E-state index is 0.391. The van der Waals surface area contributed by atoms with Crippen molar-refractivity contribution in [2.24, 2.45) is 5.92 Å². The van der Waals surface area contributed by atoms with Gasteiger partial charge in [-0.3, -0.25) is 4.79 Å². The van der Waals surface area contributed by atoms with Gasteiger partial charge in [0.1, 0.15) is 0 Å². The molecule has 0 aliphatic heterocycles. The standard InChI is InChI=1S/C15H24O/c16-15-11-6-4-2-1-3-5-8-13-9-7-10-14(13)12-15/h12-13H,1-11H2/b14-12-. The third kappa shape index (κ3) is 3.47. The molecule has 1 nitrogen and oxygen atoms in total. The third-order valence-electron chi connectivity index (χ3n) is 4.11. The fraction of sp³-hybridized carbons (Fsp3) is 0.800. The molecule has 16 heavy (non-hydrogen) atoms. The third-order valence-corrected chi connectivity index (χ3v) is 4.11. The molecule has 0 aromatic rings. The summed E-state index contributed by atoms with van der Waals surface area (Å²) in [5.74, 6) is 1.14. The van der Waals surface area contributed by atoms with Gasteiger partial charge in [0, 0.05) is 6.42 Å². The van der Waals surface area contributed by atoms with Gasteiger partial charge in [0.05, 0.1) is 0 Å². The lowest BCUT2D eigenvalue weighted by atomic mass is 9.93. The molecular formula is C15H24O. The van der Waals surface area contributed by atoms with Gasteiger partial charge in [-0.15, -0.1) is 0 Å². The van der Waals surface area contributed by atoms with E-state index in [4.69, 9.17) is 0 Å². The first-order valence-electron chi connectivity index (χ1n) is 7.09. The lowest BCUT2D eigenvalue weighted by Crippen LogP contribution is -2.02. The number of fused-ring (bicyclic) bond motifs is 1. The summed E-state index contributed by atoms with van der Waals surface area (Å²) in [6.07, 6.45) is 15.8. The van der Waals surface area contributed by atoms with Crippen molar-refractivity contribution in [2.45, 2.75) is 70.6 Å². The van der Waals surface area contributed by atoms with E-state index in [0.717, 1.165) is 18.8 Å². The van der Waals surface area contributed by atoms with Crippen molar-refractivity contribution in [3.63, 3.8) is 0 Å². The van der Waals surface area contributed by atoms with Gasteiger partial charge in [-0.1, -0.05) is 37.7 Å². The molecule has 2 aliphatic rings. The molecule has 0 radical (unpaired) electrons. The number of rotatable bonds is 0. The minimum absolute atomic E-state index is 0.391. The van der Waals surface area contributed by atoms with Gasteiger partial charge in [-0.25, -0.2) is 0 Å². The fourth-order valence-electron chi connectivity index (χ4n) is 3.14. The number of hydrogen-bond donors (Lipinski definition) is 0. The van der Waals surface area contributed by atoms with E-state index in [1.807, 2.05) is 6.08 Å². The maximum atomic E-state index is 11.8. The van der Waals surface area contributed by atoms with Gasteiger partial charge in [-0.2, -0.15) is 0 Å². The zero-order valence-electron chi connectivity index (χ0n) is 10.3. The molecule has 1 saturated carbocycles. The molecule has 1 fully saturated rings. The molecule has 2 aliphatic carbocycles. The van der Waals surface area contributed by atoms with E-state index in [9.17, 15) is 4.79 Å². The molecule has 0 aromatic carbocycles. The molecule has 0 saturated heterocycles. The Bertz CT molecular complexity index is 265. The summed E-state index contributed by atoms with van der Waals surface area (Å²) in [4.78, 5) is 11.8. The lowest BCUT2D eigenvalue weighted by Gasteiger charge is -2.12. The van der Waals surface area contributed by atoms with E-state index >= 15 is 0 Å². The molecular weight excluding hydrogens is 196 g/mol. The Labute approximate surface area is 99.3 Å². The molecule has 1 unspecified atom stereocenters. The predicted octanol–water partition coefficient (Wildman–Crippen LogP) is 4.42. The van der Waals surface area contributed by atoms with Crippen LogP contribution >= 0.6 is 0 Å². The quantitative estimate of drug-likeness (QED) is 0.590. The molecule has 1 atom stereocenters. The first-order chi connectivity index (χ1) is 7.86. The van der Waals surface area contributed by atoms with Crippen LogP contribution in [-0.2, 0) is 4.79 Å². The van der Waals surface area contributed by atoms with E-state index < -0.39 is 0 Å². The van der Waals surface area contributed by atoms with Crippen LogP contribution in [0, 0.1) is 5.92 Å². The van der Waals surface area contributed by atoms with E-state index in [2.05, 4.69) is 0 Å². The van der Waals surface area contributed by atoms with Crippen LogP contribution in [0.15, 0.2) is 11.6 Å². The molecule has 0 bridgehead atoms. The van der Waals surface area contributed by atoms with Gasteiger partial charge in [0.2, 0.25) is 0 Å². The highest BCUT2D eigenvalue weighted by Crippen LogP contribution is 2.35. The summed E-state index contributed by atoms with van der Waals surface area (Å²) in [5.41, 5.74) is 1.48. The highest BCUT2D eigenvalue weighted by molar-refractivity contribution is 5.90. The van der Waals surface area contributed by atoms with Crippen LogP contribution in [0.5, 0.6) is 0 Å². The summed E-state index contributed by atoms with van der Waals surface area (Å²) in [5, 5.41) is 0. The Hall–Kier alpha value is -0.590. The number of hydrogen-bond acceptors (Lipinski definition) is 1. The van der Waals surface area contributed by atoms with Crippen molar-refractivity contribution in [3.8, 4) is 0 Å². The average Bonchev–Trinajstić information content (AvgIpc) is 2.67. The molecule has 0 N–H and O–H groups in total. The average molecular weight is 220 g/mol. The molecule has 90 valence electrons. The van der Waals surface area contributed by atoms with E-state index in [0.29, 0.717) is 5.78 Å². The SMILES string of the molecule is O=C1/C=C2/CCCC2CCCCCCCC1. The summed E-state index contributed by atoms with van der Waals surface area (Å²) in [6, 6.07) is 0. The van der Waals surface area contributed by atoms with Crippen LogP contribution in [-0.4, -0.2) is 5.78 Å². The molecule has 0 spiro atoms. The molecule has 2 rings (SSSR count). The van der Waals surface area contributed by atoms with Crippen LogP contribution in [0.2, 0.25) is 0 Å². The Morgan fingerprint density at radius 1 is 0.812 bits per heavy atom. The number of ketones is 1. The van der Waals surface area contributed by atoms with Gasteiger partial charge in [-0.05, 0) is 44.1 Å². The van der Waals surface area contributed by atoms with Crippen molar-refractivity contribution in [2.75, 3.05) is 0 Å². The number of carbonyl (C=O) groups excluding carboxylic acids is 1. The molecule has 0 aromatic heterocycles. The maximum absolute atomic E-state index is 11.8. The van der Waals surface area contributed by atoms with Crippen molar-refractivity contribution in [1.29, 1.82) is 0 Å². The highest BCUT2D eigenvalue weighted by Gasteiger charge is 2.21. The first kappa shape index (κ1) is 11.9. The second-order valence-electron chi connectivity index (χ2n) is 5.43. The van der Waals surface area contributed by atoms with E-state index in [1.165, 1.54) is 63.4 Å². The van der Waals surface area contributed by atoms with Crippen molar-refractivity contribution in [1.82, 2.24) is 0 Å². The monoisotopic (exact) mass is 220 g/mol. The predicted molar refractivity (Wildman–Crippen MR) is 67.4 cm³/mol. The van der Waals surface area contributed by atoms with E-state index in [1.54, 1.807) is 0 Å². The van der Waals surface area contributed by atoms with Crippen LogP contribution in [0.25, 0.3) is 0 Å². The fourth-order valence-corrected chi connectivity index (χ4v) is 3.14. The van der Waals surface area contributed by atoms with Crippen LogP contribution in [0.1, 0.15) is 70.6 Å². The maximum Gasteiger partial charge on any atom is 0.155 e. The zero-order valence-corrected chi connectivity index (χ0v) is 10.3. The summed E-state index contributed by atoms with van der Waals surface area (Å²) >= 11 is 0. The normalized spacial score (nSPS) is 32.1. The lowest BCUT2D eigenvalue weighted by molar-refractivity contribution is -0.114. The molecule has 0 heterocycles. The topological polar surface area (TPSA) is 17.1 Å². The van der Waals surface area contributed by atoms with Crippen molar-refractivity contribution >= 4 is 5.78 Å². The summed E-state index contributed by atoms with van der Waals surface area (Å²) < 4.78 is 0. The van der Waals surface area contributed by atoms with Crippen molar-refractivity contribution in [3.05, 3.63) is 11.6 Å². The van der Waals surface area contributed by atoms with Crippen LogP contribution in [0.4, 0.5) is 0 Å². The summed E-state index contributed by atoms with van der Waals surface area (Å²) in [7, 11) is 0. The van der Waals surface area contributed by atoms with Crippen molar-refractivity contribution < 1.29 is 4.79 Å². The minimum Gasteiger partial charge on any atom is -0.295 e. The van der Waals surface area contributed by atoms with Gasteiger partial charge in [0.15, 0.2) is 5.78 Å². The second-order valence-corrected chi connectivity index (χ2v) is 5.43. The van der Waals surface area contributed by atoms with Gasteiger partial charge < -0.3 is 0 Å². The Balaban J connectivity index is 1.98. The summed E-state index contributed by atoms with van der Waals surface area (Å²) in [6.45, 7) is 0. The Morgan fingerprint density at radius 3 is 2.38 bits per heavy atom.